The number of carbonyl (C=O) groups is 3. The predicted octanol–water partition coefficient (Wildman–Crippen LogP) is 4.02. The molecule has 1 heterocycles. The zero-order valence-corrected chi connectivity index (χ0v) is 19.0. The molecule has 0 spiro atoms. The lowest BCUT2D eigenvalue weighted by Crippen LogP contribution is -2.37. The van der Waals surface area contributed by atoms with E-state index in [0.29, 0.717) is 19.4 Å². The maximum absolute atomic E-state index is 12.5. The number of alkyl carbamates (subject to hydrolysis) is 1. The van der Waals surface area contributed by atoms with E-state index < -0.39 is 17.5 Å². The number of carboxylic acids is 1. The molecule has 4 rings (SSSR count). The minimum atomic E-state index is -0.874. The molecule has 0 saturated carbocycles. The molecule has 33 heavy (non-hydrogen) atoms. The van der Waals surface area contributed by atoms with Gasteiger partial charge in [0, 0.05) is 31.5 Å². The quantitative estimate of drug-likeness (QED) is 0.664. The molecule has 0 bridgehead atoms. The number of nitrogens with one attached hydrogen (secondary N) is 1. The van der Waals surface area contributed by atoms with Crippen LogP contribution in [0.25, 0.3) is 11.1 Å². The molecular formula is C26H30N2O5. The molecule has 2 aromatic rings. The summed E-state index contributed by atoms with van der Waals surface area (Å²) in [6.07, 6.45) is 0.669. The molecule has 7 heteroatoms. The zero-order valence-electron chi connectivity index (χ0n) is 19.0. The Bertz CT molecular complexity index is 1020. The van der Waals surface area contributed by atoms with Crippen LogP contribution in [-0.4, -0.2) is 53.7 Å². The summed E-state index contributed by atoms with van der Waals surface area (Å²) in [6, 6.07) is 16.1. The van der Waals surface area contributed by atoms with Crippen LogP contribution in [-0.2, 0) is 14.3 Å². The third kappa shape index (κ3) is 4.72. The van der Waals surface area contributed by atoms with Crippen molar-refractivity contribution in [1.29, 1.82) is 0 Å². The van der Waals surface area contributed by atoms with Crippen molar-refractivity contribution in [2.24, 2.45) is 5.41 Å². The molecule has 0 aromatic heterocycles. The Hall–Kier alpha value is -3.35. The summed E-state index contributed by atoms with van der Waals surface area (Å²) in [5, 5.41) is 12.1. The van der Waals surface area contributed by atoms with E-state index >= 15 is 0 Å². The Kier molecular flexibility index (Phi) is 6.40. The number of hydrogen-bond acceptors (Lipinski definition) is 4. The van der Waals surface area contributed by atoms with Gasteiger partial charge in [-0.25, -0.2) is 4.79 Å². The Morgan fingerprint density at radius 1 is 1.12 bits per heavy atom. The Morgan fingerprint density at radius 2 is 1.73 bits per heavy atom. The highest BCUT2D eigenvalue weighted by molar-refractivity contribution is 5.81. The molecular weight excluding hydrogens is 420 g/mol. The number of fused-ring (bicyclic) bond motifs is 3. The van der Waals surface area contributed by atoms with Crippen LogP contribution in [0.3, 0.4) is 0 Å². The van der Waals surface area contributed by atoms with E-state index in [2.05, 4.69) is 29.6 Å². The minimum absolute atomic E-state index is 0.00116. The first-order valence-corrected chi connectivity index (χ1v) is 11.4. The van der Waals surface area contributed by atoms with Gasteiger partial charge in [0.05, 0.1) is 5.41 Å². The average Bonchev–Trinajstić information content (AvgIpc) is 3.36. The minimum Gasteiger partial charge on any atom is -0.481 e. The van der Waals surface area contributed by atoms with E-state index in [4.69, 9.17) is 4.74 Å². The van der Waals surface area contributed by atoms with Crippen LogP contribution < -0.4 is 5.32 Å². The van der Waals surface area contributed by atoms with Gasteiger partial charge in [0.15, 0.2) is 0 Å². The third-order valence-electron chi connectivity index (χ3n) is 6.84. The number of hydrogen-bond donors (Lipinski definition) is 2. The van der Waals surface area contributed by atoms with Gasteiger partial charge in [-0.2, -0.15) is 0 Å². The van der Waals surface area contributed by atoms with Crippen LogP contribution in [0.5, 0.6) is 0 Å². The lowest BCUT2D eigenvalue weighted by molar-refractivity contribution is -0.147. The molecule has 174 valence electrons. The molecule has 1 fully saturated rings. The summed E-state index contributed by atoms with van der Waals surface area (Å²) in [5.74, 6) is -0.956. The van der Waals surface area contributed by atoms with Crippen LogP contribution in [0.4, 0.5) is 4.79 Å². The fraction of sp³-hybridized carbons (Fsp3) is 0.423. The van der Waals surface area contributed by atoms with E-state index in [9.17, 15) is 19.5 Å². The normalized spacial score (nSPS) is 20.1. The van der Waals surface area contributed by atoms with Crippen molar-refractivity contribution < 1.29 is 24.2 Å². The number of likely N-dealkylation sites (tertiary alicyclic amines) is 1. The van der Waals surface area contributed by atoms with Crippen LogP contribution in [0.2, 0.25) is 0 Å². The summed E-state index contributed by atoms with van der Waals surface area (Å²) in [5.41, 5.74) is 3.79. The predicted molar refractivity (Wildman–Crippen MR) is 124 cm³/mol. The smallest absolute Gasteiger partial charge is 0.407 e. The van der Waals surface area contributed by atoms with Crippen molar-refractivity contribution in [2.75, 3.05) is 19.7 Å². The Balaban J connectivity index is 1.25. The maximum atomic E-state index is 12.5. The van der Waals surface area contributed by atoms with Crippen LogP contribution in [0.1, 0.15) is 50.2 Å². The number of carbonyl (C=O) groups excluding carboxylic acids is 2. The molecule has 2 unspecified atom stereocenters. The first-order valence-electron chi connectivity index (χ1n) is 11.4. The van der Waals surface area contributed by atoms with Gasteiger partial charge in [0.2, 0.25) is 5.91 Å². The summed E-state index contributed by atoms with van der Waals surface area (Å²) in [7, 11) is 0. The van der Waals surface area contributed by atoms with Gasteiger partial charge in [-0.3, -0.25) is 9.59 Å². The standard InChI is InChI=1S/C26H30N2O5/c1-17(11-12-23(29)28-14-13-26(2,16-28)24(30)31)27-25(32)33-15-22-20-9-5-3-7-18(20)19-8-4-6-10-21(19)22/h3-10,17,22H,11-16H2,1-2H3,(H,27,32)(H,30,31). The Labute approximate surface area is 193 Å². The molecule has 1 aliphatic heterocycles. The Morgan fingerprint density at radius 3 is 2.30 bits per heavy atom. The second-order valence-corrected chi connectivity index (χ2v) is 9.34. The van der Waals surface area contributed by atoms with Gasteiger partial charge in [-0.15, -0.1) is 0 Å². The number of benzene rings is 2. The fourth-order valence-electron chi connectivity index (χ4n) is 4.76. The number of nitrogens with zero attached hydrogens (tertiary/aromatic N) is 1. The summed E-state index contributed by atoms with van der Waals surface area (Å²) >= 11 is 0. The van der Waals surface area contributed by atoms with Gasteiger partial charge in [0.25, 0.3) is 0 Å². The second-order valence-electron chi connectivity index (χ2n) is 9.34. The number of ether oxygens (including phenoxy) is 1. The molecule has 2 amide bonds. The fourth-order valence-corrected chi connectivity index (χ4v) is 4.76. The molecule has 2 aliphatic rings. The van der Waals surface area contributed by atoms with Crippen molar-refractivity contribution in [2.45, 2.75) is 45.1 Å². The van der Waals surface area contributed by atoms with Crippen LogP contribution in [0.15, 0.2) is 48.5 Å². The first-order chi connectivity index (χ1) is 15.8. The highest BCUT2D eigenvalue weighted by atomic mass is 16.5. The van der Waals surface area contributed by atoms with Gasteiger partial charge in [0.1, 0.15) is 6.61 Å². The average molecular weight is 451 g/mol. The lowest BCUT2D eigenvalue weighted by atomic mass is 9.90. The van der Waals surface area contributed by atoms with Crippen molar-refractivity contribution in [3.05, 3.63) is 59.7 Å². The first kappa shape index (κ1) is 22.8. The van der Waals surface area contributed by atoms with Crippen molar-refractivity contribution in [1.82, 2.24) is 10.2 Å². The second kappa shape index (κ2) is 9.25. The highest BCUT2D eigenvalue weighted by Gasteiger charge is 2.41. The van der Waals surface area contributed by atoms with Crippen molar-refractivity contribution in [3.8, 4) is 11.1 Å². The zero-order chi connectivity index (χ0) is 23.6. The number of amides is 2. The third-order valence-corrected chi connectivity index (χ3v) is 6.84. The van der Waals surface area contributed by atoms with E-state index in [0.717, 1.165) is 11.1 Å². The van der Waals surface area contributed by atoms with E-state index in [-0.39, 0.29) is 37.4 Å². The van der Waals surface area contributed by atoms with Crippen LogP contribution in [0, 0.1) is 5.41 Å². The van der Waals surface area contributed by atoms with E-state index in [1.54, 1.807) is 11.8 Å². The molecule has 7 nitrogen and oxygen atoms in total. The SMILES string of the molecule is CC(CCC(=O)N1CCC(C)(C(=O)O)C1)NC(=O)OCC1c2ccccc2-c2ccccc21. The molecule has 1 saturated heterocycles. The maximum Gasteiger partial charge on any atom is 0.407 e. The molecule has 2 atom stereocenters. The van der Waals surface area contributed by atoms with Crippen molar-refractivity contribution in [3.63, 3.8) is 0 Å². The topological polar surface area (TPSA) is 95.9 Å². The van der Waals surface area contributed by atoms with Gasteiger partial charge in [-0.1, -0.05) is 48.5 Å². The largest absolute Gasteiger partial charge is 0.481 e. The molecule has 2 N–H and O–H groups in total. The molecule has 1 aliphatic carbocycles. The highest BCUT2D eigenvalue weighted by Crippen LogP contribution is 2.44. The van der Waals surface area contributed by atoms with Gasteiger partial charge < -0.3 is 20.1 Å². The number of aliphatic carboxylic acids is 1. The molecule has 2 aromatic carbocycles. The number of rotatable bonds is 7. The summed E-state index contributed by atoms with van der Waals surface area (Å²) < 4.78 is 5.56. The lowest BCUT2D eigenvalue weighted by Gasteiger charge is -2.21. The summed E-state index contributed by atoms with van der Waals surface area (Å²) in [6.45, 7) is 4.43. The van der Waals surface area contributed by atoms with E-state index in [1.165, 1.54) is 11.1 Å². The van der Waals surface area contributed by atoms with Crippen molar-refractivity contribution >= 4 is 18.0 Å². The summed E-state index contributed by atoms with van der Waals surface area (Å²) in [4.78, 5) is 37.8. The van der Waals surface area contributed by atoms with E-state index in [1.807, 2.05) is 31.2 Å². The van der Waals surface area contributed by atoms with Gasteiger partial charge >= 0.3 is 12.1 Å². The molecule has 0 radical (unpaired) electrons. The monoisotopic (exact) mass is 450 g/mol. The van der Waals surface area contributed by atoms with Gasteiger partial charge in [-0.05, 0) is 48.9 Å². The van der Waals surface area contributed by atoms with Crippen LogP contribution >= 0.6 is 0 Å². The number of carboxylic acid groups (broad SMARTS) is 1.